The van der Waals surface area contributed by atoms with Crippen molar-refractivity contribution in [1.82, 2.24) is 0 Å². The first-order chi connectivity index (χ1) is 21.0. The average Bonchev–Trinajstić information content (AvgIpc) is 3.01. The van der Waals surface area contributed by atoms with Gasteiger partial charge < -0.3 is 14.6 Å². The summed E-state index contributed by atoms with van der Waals surface area (Å²) in [6.07, 6.45) is 30.7. The van der Waals surface area contributed by atoms with Gasteiger partial charge in [-0.1, -0.05) is 156 Å². The van der Waals surface area contributed by atoms with Gasteiger partial charge >= 0.3 is 5.97 Å². The molecule has 43 heavy (non-hydrogen) atoms. The SMILES string of the molecule is CCCCCCCCC(CCCCCC)COc1cc(OCC(CCCCCC)CCCCCCCC)cc(C(=O)O)c1. The maximum Gasteiger partial charge on any atom is 0.335 e. The largest absolute Gasteiger partial charge is 0.493 e. The third-order valence-corrected chi connectivity index (χ3v) is 8.96. The van der Waals surface area contributed by atoms with E-state index in [1.54, 1.807) is 12.1 Å². The van der Waals surface area contributed by atoms with E-state index in [-0.39, 0.29) is 5.56 Å². The fourth-order valence-electron chi connectivity index (χ4n) is 6.06. The van der Waals surface area contributed by atoms with Gasteiger partial charge in [-0.2, -0.15) is 0 Å². The van der Waals surface area contributed by atoms with Crippen LogP contribution in [0.2, 0.25) is 0 Å². The Morgan fingerprint density at radius 1 is 0.512 bits per heavy atom. The third kappa shape index (κ3) is 21.6. The quantitative estimate of drug-likeness (QED) is 0.0859. The van der Waals surface area contributed by atoms with Crippen LogP contribution in [0.3, 0.4) is 0 Å². The normalized spacial score (nSPS) is 12.7. The van der Waals surface area contributed by atoms with Crippen LogP contribution in [0.1, 0.15) is 192 Å². The van der Waals surface area contributed by atoms with Crippen LogP contribution in [-0.2, 0) is 0 Å². The zero-order valence-corrected chi connectivity index (χ0v) is 28.9. The predicted molar refractivity (Wildman–Crippen MR) is 185 cm³/mol. The minimum absolute atomic E-state index is 0.248. The number of carboxylic acid groups (broad SMARTS) is 1. The molecule has 0 aliphatic carbocycles. The summed E-state index contributed by atoms with van der Waals surface area (Å²) >= 11 is 0. The van der Waals surface area contributed by atoms with Crippen molar-refractivity contribution >= 4 is 5.97 Å². The molecule has 0 heterocycles. The molecule has 0 fully saturated rings. The van der Waals surface area contributed by atoms with Crippen LogP contribution in [0.25, 0.3) is 0 Å². The molecule has 1 N–H and O–H groups in total. The van der Waals surface area contributed by atoms with Crippen LogP contribution in [-0.4, -0.2) is 24.3 Å². The van der Waals surface area contributed by atoms with E-state index in [1.807, 2.05) is 6.07 Å². The summed E-state index contributed by atoms with van der Waals surface area (Å²) in [5, 5.41) is 9.82. The molecular weight excluding hydrogens is 532 g/mol. The Labute approximate surface area is 267 Å². The Morgan fingerprint density at radius 3 is 1.14 bits per heavy atom. The molecule has 250 valence electrons. The number of hydrogen-bond donors (Lipinski definition) is 1. The molecule has 0 saturated carbocycles. The molecule has 2 unspecified atom stereocenters. The molecule has 2 atom stereocenters. The summed E-state index contributed by atoms with van der Waals surface area (Å²) in [4.78, 5) is 12.0. The highest BCUT2D eigenvalue weighted by Crippen LogP contribution is 2.27. The summed E-state index contributed by atoms with van der Waals surface area (Å²) < 4.78 is 12.6. The molecule has 0 amide bonds. The second-order valence-electron chi connectivity index (χ2n) is 13.2. The molecule has 0 bridgehead atoms. The number of benzene rings is 1. The minimum atomic E-state index is -0.929. The highest BCUT2D eigenvalue weighted by molar-refractivity contribution is 5.88. The maximum atomic E-state index is 12.0. The number of carboxylic acids is 1. The van der Waals surface area contributed by atoms with E-state index in [9.17, 15) is 9.90 Å². The smallest absolute Gasteiger partial charge is 0.335 e. The summed E-state index contributed by atoms with van der Waals surface area (Å²) in [7, 11) is 0. The van der Waals surface area contributed by atoms with E-state index in [0.29, 0.717) is 36.5 Å². The molecular formula is C39H70O4. The first kappa shape index (κ1) is 39.3. The molecule has 1 aromatic rings. The fraction of sp³-hybridized carbons (Fsp3) is 0.821. The van der Waals surface area contributed by atoms with Gasteiger partial charge in [-0.25, -0.2) is 4.79 Å². The lowest BCUT2D eigenvalue weighted by Crippen LogP contribution is -2.14. The van der Waals surface area contributed by atoms with Crippen LogP contribution >= 0.6 is 0 Å². The molecule has 4 heteroatoms. The highest BCUT2D eigenvalue weighted by Gasteiger charge is 2.15. The van der Waals surface area contributed by atoms with E-state index >= 15 is 0 Å². The second-order valence-corrected chi connectivity index (χ2v) is 13.2. The van der Waals surface area contributed by atoms with Crippen LogP contribution < -0.4 is 9.47 Å². The maximum absolute atomic E-state index is 12.0. The number of unbranched alkanes of at least 4 members (excludes halogenated alkanes) is 16. The Kier molecular flexibility index (Phi) is 25.4. The van der Waals surface area contributed by atoms with Crippen molar-refractivity contribution in [1.29, 1.82) is 0 Å². The topological polar surface area (TPSA) is 55.8 Å². The Bertz CT molecular complexity index is 722. The van der Waals surface area contributed by atoms with Gasteiger partial charge in [-0.15, -0.1) is 0 Å². The summed E-state index contributed by atoms with van der Waals surface area (Å²) in [5.74, 6) is 1.37. The Hall–Kier alpha value is -1.71. The summed E-state index contributed by atoms with van der Waals surface area (Å²) in [6, 6.07) is 5.27. The van der Waals surface area contributed by atoms with Crippen molar-refractivity contribution in [3.8, 4) is 11.5 Å². The van der Waals surface area contributed by atoms with Crippen molar-refractivity contribution in [2.45, 2.75) is 182 Å². The average molecular weight is 603 g/mol. The highest BCUT2D eigenvalue weighted by atomic mass is 16.5. The number of aromatic carboxylic acids is 1. The molecule has 0 saturated heterocycles. The van der Waals surface area contributed by atoms with Crippen molar-refractivity contribution in [3.05, 3.63) is 23.8 Å². The zero-order chi connectivity index (χ0) is 31.4. The van der Waals surface area contributed by atoms with Crippen molar-refractivity contribution < 1.29 is 19.4 Å². The molecule has 0 aromatic heterocycles. The van der Waals surface area contributed by atoms with Crippen LogP contribution in [0.4, 0.5) is 0 Å². The summed E-state index contributed by atoms with van der Waals surface area (Å²) in [5.41, 5.74) is 0.248. The van der Waals surface area contributed by atoms with E-state index < -0.39 is 5.97 Å². The van der Waals surface area contributed by atoms with Crippen LogP contribution in [0, 0.1) is 11.8 Å². The molecule has 0 spiro atoms. The fourth-order valence-corrected chi connectivity index (χ4v) is 6.06. The lowest BCUT2D eigenvalue weighted by Gasteiger charge is -2.20. The lowest BCUT2D eigenvalue weighted by atomic mass is 9.95. The number of rotatable bonds is 31. The first-order valence-corrected chi connectivity index (χ1v) is 18.7. The van der Waals surface area contributed by atoms with Gasteiger partial charge in [0.2, 0.25) is 0 Å². The van der Waals surface area contributed by atoms with Gasteiger partial charge in [0.1, 0.15) is 11.5 Å². The molecule has 1 aromatic carbocycles. The van der Waals surface area contributed by atoms with Crippen LogP contribution in [0.15, 0.2) is 18.2 Å². The standard InChI is InChI=1S/C39H70O4/c1-5-9-13-17-19-23-27-34(25-21-15-11-7-3)32-42-37-29-36(39(40)41)30-38(31-37)43-33-35(26-22-16-12-8-4)28-24-20-18-14-10-6-2/h29-31,34-35H,5-28,32-33H2,1-4H3,(H,40,41). The van der Waals surface area contributed by atoms with E-state index in [4.69, 9.17) is 9.47 Å². The van der Waals surface area contributed by atoms with Crippen molar-refractivity contribution in [2.75, 3.05) is 13.2 Å². The zero-order valence-electron chi connectivity index (χ0n) is 28.9. The van der Waals surface area contributed by atoms with Gasteiger partial charge in [0, 0.05) is 6.07 Å². The summed E-state index contributed by atoms with van der Waals surface area (Å²) in [6.45, 7) is 10.4. The molecule has 0 aliphatic heterocycles. The molecule has 4 nitrogen and oxygen atoms in total. The van der Waals surface area contributed by atoms with E-state index in [0.717, 1.165) is 0 Å². The first-order valence-electron chi connectivity index (χ1n) is 18.7. The van der Waals surface area contributed by atoms with Gasteiger partial charge in [-0.05, 0) is 49.7 Å². The minimum Gasteiger partial charge on any atom is -0.493 e. The number of hydrogen-bond acceptors (Lipinski definition) is 3. The van der Waals surface area contributed by atoms with Crippen molar-refractivity contribution in [3.63, 3.8) is 0 Å². The van der Waals surface area contributed by atoms with E-state index in [1.165, 1.54) is 154 Å². The third-order valence-electron chi connectivity index (χ3n) is 8.96. The van der Waals surface area contributed by atoms with Gasteiger partial charge in [0.25, 0.3) is 0 Å². The molecule has 1 rings (SSSR count). The number of carbonyl (C=O) groups is 1. The second kappa shape index (κ2) is 27.8. The van der Waals surface area contributed by atoms with Gasteiger partial charge in [0.05, 0.1) is 18.8 Å². The monoisotopic (exact) mass is 603 g/mol. The molecule has 0 radical (unpaired) electrons. The predicted octanol–water partition coefficient (Wildman–Crippen LogP) is 12.8. The van der Waals surface area contributed by atoms with Gasteiger partial charge in [-0.3, -0.25) is 0 Å². The van der Waals surface area contributed by atoms with Gasteiger partial charge in [0.15, 0.2) is 0 Å². The van der Waals surface area contributed by atoms with Crippen LogP contribution in [0.5, 0.6) is 11.5 Å². The number of ether oxygens (including phenoxy) is 2. The Balaban J connectivity index is 2.78. The lowest BCUT2D eigenvalue weighted by molar-refractivity contribution is 0.0695. The Morgan fingerprint density at radius 2 is 0.814 bits per heavy atom. The molecule has 0 aliphatic rings. The van der Waals surface area contributed by atoms with Crippen molar-refractivity contribution in [2.24, 2.45) is 11.8 Å². The van der Waals surface area contributed by atoms with E-state index in [2.05, 4.69) is 27.7 Å².